The van der Waals surface area contributed by atoms with Gasteiger partial charge in [0.05, 0.1) is 28.1 Å². The van der Waals surface area contributed by atoms with Crippen LogP contribution in [0.5, 0.6) is 0 Å². The van der Waals surface area contributed by atoms with Gasteiger partial charge < -0.3 is 0 Å². The molecule has 1 aliphatic rings. The van der Waals surface area contributed by atoms with Crippen molar-refractivity contribution in [3.05, 3.63) is 140 Å². The molecule has 0 atom stereocenters. The molecule has 9 rings (SSSR count). The van der Waals surface area contributed by atoms with Crippen LogP contribution in [0.3, 0.4) is 0 Å². The summed E-state index contributed by atoms with van der Waals surface area (Å²) in [5.41, 5.74) is 8.93. The second-order valence-electron chi connectivity index (χ2n) is 12.3. The molecule has 0 radical (unpaired) electrons. The van der Waals surface area contributed by atoms with Crippen LogP contribution in [0, 0.1) is 0 Å². The average molecular weight is 608 g/mol. The smallest absolute Gasteiger partial charge is 0.235 e. The first kappa shape index (κ1) is 26.7. The quantitative estimate of drug-likeness (QED) is 0.189. The Hall–Kier alpha value is -5.72. The van der Waals surface area contributed by atoms with E-state index in [-0.39, 0.29) is 0 Å². The van der Waals surface area contributed by atoms with Crippen molar-refractivity contribution in [2.45, 2.75) is 13.1 Å². The van der Waals surface area contributed by atoms with E-state index in [1.54, 1.807) is 0 Å². The summed E-state index contributed by atoms with van der Waals surface area (Å²) in [6.45, 7) is 4.79. The van der Waals surface area contributed by atoms with E-state index in [0.717, 1.165) is 44.9 Å². The van der Waals surface area contributed by atoms with Gasteiger partial charge in [0, 0.05) is 27.1 Å². The lowest BCUT2D eigenvalue weighted by atomic mass is 10.1. The molecule has 0 saturated carbocycles. The van der Waals surface area contributed by atoms with Crippen molar-refractivity contribution in [3.63, 3.8) is 0 Å². The van der Waals surface area contributed by atoms with Crippen LogP contribution >= 0.6 is 0 Å². The third kappa shape index (κ3) is 4.00. The lowest BCUT2D eigenvalue weighted by Gasteiger charge is -2.21. The third-order valence-corrected chi connectivity index (χ3v) is 12.7. The summed E-state index contributed by atoms with van der Waals surface area (Å²) >= 11 is 0. The predicted octanol–water partition coefficient (Wildman–Crippen LogP) is 8.17. The molecule has 0 unspecified atom stereocenters. The summed E-state index contributed by atoms with van der Waals surface area (Å²) < 4.78 is 2.20. The Morgan fingerprint density at radius 3 is 1.61 bits per heavy atom. The standard InChI is InChI=1S/C40H29N5Si/c1-46(2)35-24-14-11-21-30(35)36-38(46)37(44-40(43-36)45-33-22-12-9-19-28(33)29-20-10-13-23-34(29)45)39-41-31(26-15-5-3-6-16-26)25-32(42-39)27-17-7-4-8-18-27/h3-25H,1-2H3. The van der Waals surface area contributed by atoms with Crippen molar-refractivity contribution >= 4 is 40.3 Å². The second-order valence-corrected chi connectivity index (χ2v) is 16.6. The molecule has 5 nitrogen and oxygen atoms in total. The molecule has 0 spiro atoms. The predicted molar refractivity (Wildman–Crippen MR) is 190 cm³/mol. The van der Waals surface area contributed by atoms with Crippen LogP contribution < -0.4 is 10.4 Å². The molecule has 0 amide bonds. The zero-order valence-electron chi connectivity index (χ0n) is 25.5. The average Bonchev–Trinajstić information content (AvgIpc) is 3.57. The molecule has 46 heavy (non-hydrogen) atoms. The fourth-order valence-corrected chi connectivity index (χ4v) is 10.3. The fourth-order valence-electron chi connectivity index (χ4n) is 7.07. The Morgan fingerprint density at radius 1 is 0.500 bits per heavy atom. The summed E-state index contributed by atoms with van der Waals surface area (Å²) in [5.74, 6) is 1.25. The SMILES string of the molecule is C[Si]1(C)c2ccccc2-c2nc(-n3c4ccccc4c4ccccc43)nc(-c3nc(-c4ccccc4)cc(-c4ccccc4)n3)c21. The van der Waals surface area contributed by atoms with Gasteiger partial charge in [0.25, 0.3) is 0 Å². The maximum Gasteiger partial charge on any atom is 0.235 e. The molecule has 0 aliphatic carbocycles. The normalized spacial score (nSPS) is 13.2. The monoisotopic (exact) mass is 607 g/mol. The Labute approximate surface area is 267 Å². The van der Waals surface area contributed by atoms with Crippen molar-refractivity contribution in [2.75, 3.05) is 0 Å². The van der Waals surface area contributed by atoms with Crippen LogP contribution in [0.15, 0.2) is 140 Å². The number of nitrogens with zero attached hydrogens (tertiary/aromatic N) is 5. The van der Waals surface area contributed by atoms with Crippen LogP contribution in [0.1, 0.15) is 0 Å². The number of fused-ring (bicyclic) bond motifs is 6. The highest BCUT2D eigenvalue weighted by Gasteiger charge is 2.42. The summed E-state index contributed by atoms with van der Waals surface area (Å²) in [5, 5.41) is 4.89. The van der Waals surface area contributed by atoms with Crippen molar-refractivity contribution in [3.8, 4) is 51.2 Å². The molecule has 218 valence electrons. The highest BCUT2D eigenvalue weighted by atomic mass is 28.3. The van der Waals surface area contributed by atoms with Gasteiger partial charge in [0.1, 0.15) is 13.8 Å². The molecule has 0 fully saturated rings. The number of para-hydroxylation sites is 2. The van der Waals surface area contributed by atoms with E-state index >= 15 is 0 Å². The third-order valence-electron chi connectivity index (χ3n) is 9.23. The van der Waals surface area contributed by atoms with Gasteiger partial charge in [0.2, 0.25) is 5.95 Å². The molecule has 0 bridgehead atoms. The maximum atomic E-state index is 5.47. The zero-order valence-corrected chi connectivity index (χ0v) is 26.5. The minimum absolute atomic E-state index is 0.620. The van der Waals surface area contributed by atoms with E-state index in [2.05, 4.69) is 145 Å². The van der Waals surface area contributed by atoms with Crippen molar-refractivity contribution in [1.82, 2.24) is 24.5 Å². The van der Waals surface area contributed by atoms with E-state index in [1.807, 2.05) is 12.1 Å². The molecule has 5 aromatic carbocycles. The largest absolute Gasteiger partial charge is 0.278 e. The molecular weight excluding hydrogens is 579 g/mol. The number of benzene rings is 5. The van der Waals surface area contributed by atoms with E-state index in [9.17, 15) is 0 Å². The minimum Gasteiger partial charge on any atom is -0.278 e. The van der Waals surface area contributed by atoms with Gasteiger partial charge in [-0.3, -0.25) is 4.57 Å². The topological polar surface area (TPSA) is 56.5 Å². The number of hydrogen-bond donors (Lipinski definition) is 0. The summed E-state index contributed by atoms with van der Waals surface area (Å²) in [6.07, 6.45) is 0. The van der Waals surface area contributed by atoms with E-state index in [1.165, 1.54) is 26.7 Å². The fraction of sp³-hybridized carbons (Fsp3) is 0.0500. The Morgan fingerprint density at radius 2 is 1.00 bits per heavy atom. The highest BCUT2D eigenvalue weighted by Crippen LogP contribution is 2.36. The molecule has 0 saturated heterocycles. The lowest BCUT2D eigenvalue weighted by molar-refractivity contribution is 0.992. The van der Waals surface area contributed by atoms with Crippen molar-refractivity contribution in [2.24, 2.45) is 0 Å². The van der Waals surface area contributed by atoms with Crippen LogP contribution in [0.2, 0.25) is 13.1 Å². The molecule has 6 heteroatoms. The summed E-state index contributed by atoms with van der Waals surface area (Å²) in [4.78, 5) is 21.4. The van der Waals surface area contributed by atoms with Gasteiger partial charge in [-0.25, -0.2) is 19.9 Å². The van der Waals surface area contributed by atoms with Crippen molar-refractivity contribution < 1.29 is 0 Å². The molecule has 3 aromatic heterocycles. The molecule has 8 aromatic rings. The van der Waals surface area contributed by atoms with E-state index < -0.39 is 8.07 Å². The highest BCUT2D eigenvalue weighted by molar-refractivity contribution is 7.04. The van der Waals surface area contributed by atoms with Gasteiger partial charge in [-0.05, 0) is 28.9 Å². The molecule has 0 N–H and O–H groups in total. The van der Waals surface area contributed by atoms with E-state index in [4.69, 9.17) is 19.9 Å². The molecule has 1 aliphatic heterocycles. The van der Waals surface area contributed by atoms with Crippen LogP contribution in [0.25, 0.3) is 73.0 Å². The van der Waals surface area contributed by atoms with Crippen LogP contribution in [-0.4, -0.2) is 32.6 Å². The lowest BCUT2D eigenvalue weighted by Crippen LogP contribution is -2.50. The first-order chi connectivity index (χ1) is 22.6. The van der Waals surface area contributed by atoms with E-state index in [0.29, 0.717) is 11.8 Å². The van der Waals surface area contributed by atoms with Gasteiger partial charge in [-0.1, -0.05) is 134 Å². The first-order valence-electron chi connectivity index (χ1n) is 15.6. The van der Waals surface area contributed by atoms with Crippen molar-refractivity contribution in [1.29, 1.82) is 0 Å². The molecule has 4 heterocycles. The van der Waals surface area contributed by atoms with Crippen LogP contribution in [0.4, 0.5) is 0 Å². The van der Waals surface area contributed by atoms with Gasteiger partial charge in [-0.15, -0.1) is 0 Å². The summed E-state index contributed by atoms with van der Waals surface area (Å²) in [6, 6.07) is 48.5. The van der Waals surface area contributed by atoms with Gasteiger partial charge >= 0.3 is 0 Å². The first-order valence-corrected chi connectivity index (χ1v) is 18.6. The number of aromatic nitrogens is 5. The minimum atomic E-state index is -2.23. The second kappa shape index (κ2) is 10.2. The van der Waals surface area contributed by atoms with Gasteiger partial charge in [-0.2, -0.15) is 0 Å². The molecular formula is C40H29N5Si. The Bertz CT molecular complexity index is 2340. The Balaban J connectivity index is 1.40. The van der Waals surface area contributed by atoms with Gasteiger partial charge in [0.15, 0.2) is 5.82 Å². The van der Waals surface area contributed by atoms with Crippen LogP contribution in [-0.2, 0) is 0 Å². The maximum absolute atomic E-state index is 5.47. The number of hydrogen-bond acceptors (Lipinski definition) is 4. The Kier molecular flexibility index (Phi) is 5.89. The summed E-state index contributed by atoms with van der Waals surface area (Å²) in [7, 11) is -2.23. The zero-order chi connectivity index (χ0) is 30.8. The number of rotatable bonds is 4.